The molecule has 0 saturated carbocycles. The molecule has 0 bridgehead atoms. The highest BCUT2D eigenvalue weighted by Gasteiger charge is 2.39. The largest absolute Gasteiger partial charge is 0.588 e. The summed E-state index contributed by atoms with van der Waals surface area (Å²) in [5, 5.41) is 0. The van der Waals surface area contributed by atoms with Crippen molar-refractivity contribution >= 4 is 96.2 Å². The number of nitrogens with zero attached hydrogens (tertiary/aromatic N) is 1. The summed E-state index contributed by atoms with van der Waals surface area (Å²) in [6.07, 6.45) is 18.1. The van der Waals surface area contributed by atoms with Crippen LogP contribution >= 0.6 is 65.8 Å². The molecule has 0 fully saturated rings. The second-order valence-corrected chi connectivity index (χ2v) is 13.2. The first-order valence-corrected chi connectivity index (χ1v) is 13.0. The summed E-state index contributed by atoms with van der Waals surface area (Å²) < 4.78 is 16.1. The lowest BCUT2D eigenvalue weighted by atomic mass is 9.77. The first-order chi connectivity index (χ1) is 12.9. The Labute approximate surface area is 197 Å². The van der Waals surface area contributed by atoms with Crippen molar-refractivity contribution in [2.75, 3.05) is 10.8 Å². The summed E-state index contributed by atoms with van der Waals surface area (Å²) in [7, 11) is 9.39. The van der Waals surface area contributed by atoms with Crippen LogP contribution in [-0.2, 0) is 11.4 Å². The number of halogens is 2. The molecule has 3 aliphatic rings. The third-order valence-electron chi connectivity index (χ3n) is 4.42. The average molecular weight is 633 g/mol. The van der Waals surface area contributed by atoms with Crippen LogP contribution in [0.5, 0.6) is 0 Å². The SMILES string of the molecule is [B]C1(I)C=CC=CC2=C1c1sc(I)cc1N([S+]([O-])C1=CC=CC(P)C=C1)C2. The molecule has 0 aromatic carbocycles. The van der Waals surface area contributed by atoms with Crippen LogP contribution in [0.15, 0.2) is 71.2 Å². The maximum Gasteiger partial charge on any atom is 0.179 e. The first-order valence-electron chi connectivity index (χ1n) is 8.25. The number of rotatable bonds is 2. The standard InChI is InChI=1S/C19H15BI2NOPS2/c20-19(22)9-2-1-4-12-11-23(15-10-16(21)26-18(15)17(12)19)27(24)14-6-3-5-13(25)7-8-14/h1-10,13H,11,25H2. The zero-order valence-corrected chi connectivity index (χ0v) is 21.2. The van der Waals surface area contributed by atoms with E-state index in [1.54, 1.807) is 11.3 Å². The van der Waals surface area contributed by atoms with Crippen LogP contribution in [0.4, 0.5) is 5.69 Å². The fourth-order valence-corrected chi connectivity index (χ4v) is 7.71. The molecule has 4 unspecified atom stereocenters. The van der Waals surface area contributed by atoms with Crippen molar-refractivity contribution in [2.24, 2.45) is 0 Å². The Hall–Kier alpha value is 0.205. The lowest BCUT2D eigenvalue weighted by Gasteiger charge is -2.35. The lowest BCUT2D eigenvalue weighted by molar-refractivity contribution is 0.598. The van der Waals surface area contributed by atoms with Crippen LogP contribution in [0.2, 0.25) is 0 Å². The molecule has 4 rings (SSSR count). The van der Waals surface area contributed by atoms with Gasteiger partial charge < -0.3 is 4.55 Å². The summed E-state index contributed by atoms with van der Waals surface area (Å²) in [4.78, 5) is 1.91. The van der Waals surface area contributed by atoms with Gasteiger partial charge in [0.2, 0.25) is 0 Å². The Balaban J connectivity index is 1.80. The number of hydrogen-bond donors (Lipinski definition) is 0. The normalized spacial score (nSPS) is 27.8. The quantitative estimate of drug-likeness (QED) is 0.146. The van der Waals surface area contributed by atoms with Crippen molar-refractivity contribution < 1.29 is 4.55 Å². The van der Waals surface area contributed by atoms with Gasteiger partial charge in [0.05, 0.1) is 14.3 Å². The van der Waals surface area contributed by atoms with E-state index in [0.717, 1.165) is 29.5 Å². The van der Waals surface area contributed by atoms with Gasteiger partial charge in [-0.1, -0.05) is 65.1 Å². The molecule has 4 atom stereocenters. The van der Waals surface area contributed by atoms with Crippen LogP contribution in [-0.4, -0.2) is 27.9 Å². The molecule has 2 heterocycles. The van der Waals surface area contributed by atoms with Crippen LogP contribution in [0.1, 0.15) is 4.88 Å². The fourth-order valence-electron chi connectivity index (χ4n) is 3.18. The number of fused-ring (bicyclic) bond motifs is 2. The van der Waals surface area contributed by atoms with Gasteiger partial charge in [-0.15, -0.1) is 20.6 Å². The Kier molecular flexibility index (Phi) is 6.18. The van der Waals surface area contributed by atoms with E-state index in [0.29, 0.717) is 6.54 Å². The van der Waals surface area contributed by atoms with Gasteiger partial charge in [0.15, 0.2) is 4.91 Å². The summed E-state index contributed by atoms with van der Waals surface area (Å²) in [5.41, 5.74) is 3.51. The van der Waals surface area contributed by atoms with Gasteiger partial charge in [0, 0.05) is 8.98 Å². The van der Waals surface area contributed by atoms with Gasteiger partial charge in [-0.3, -0.25) is 0 Å². The zero-order chi connectivity index (χ0) is 19.2. The Morgan fingerprint density at radius 1 is 1.30 bits per heavy atom. The van der Waals surface area contributed by atoms with Gasteiger partial charge in [-0.05, 0) is 52.0 Å². The molecular weight excluding hydrogens is 618 g/mol. The van der Waals surface area contributed by atoms with Crippen LogP contribution < -0.4 is 4.31 Å². The van der Waals surface area contributed by atoms with E-state index in [1.165, 1.54) is 0 Å². The Morgan fingerprint density at radius 2 is 2.11 bits per heavy atom. The minimum Gasteiger partial charge on any atom is -0.588 e. The summed E-state index contributed by atoms with van der Waals surface area (Å²) in [5.74, 6) is 0. The molecule has 1 aliphatic heterocycles. The van der Waals surface area contributed by atoms with Gasteiger partial charge in [0.1, 0.15) is 24.9 Å². The molecule has 136 valence electrons. The third-order valence-corrected chi connectivity index (χ3v) is 9.07. The minimum absolute atomic E-state index is 0.261. The molecular formula is C19H15BI2NOPS2. The number of allylic oxidation sites excluding steroid dienone is 9. The average Bonchev–Trinajstić information content (AvgIpc) is 2.76. The van der Waals surface area contributed by atoms with Gasteiger partial charge in [0.25, 0.3) is 0 Å². The first kappa shape index (κ1) is 20.5. The van der Waals surface area contributed by atoms with Crippen LogP contribution in [0, 0.1) is 2.88 Å². The van der Waals surface area contributed by atoms with E-state index in [1.807, 2.05) is 40.8 Å². The molecule has 1 aromatic rings. The Bertz CT molecular complexity index is 961. The van der Waals surface area contributed by atoms with Crippen molar-refractivity contribution in [3.05, 3.63) is 79.0 Å². The van der Waals surface area contributed by atoms with Gasteiger partial charge in [-0.2, -0.15) is 4.31 Å². The number of hydrogen-bond acceptors (Lipinski definition) is 3. The summed E-state index contributed by atoms with van der Waals surface area (Å²) in [6.45, 7) is 0.571. The molecule has 0 N–H and O–H groups in total. The second kappa shape index (κ2) is 8.15. The molecule has 8 heteroatoms. The highest BCUT2D eigenvalue weighted by Crippen LogP contribution is 2.50. The minimum atomic E-state index is -1.29. The molecule has 0 spiro atoms. The van der Waals surface area contributed by atoms with Crippen LogP contribution in [0.3, 0.4) is 0 Å². The maximum absolute atomic E-state index is 13.5. The van der Waals surface area contributed by atoms with E-state index in [2.05, 4.69) is 78.7 Å². The Morgan fingerprint density at radius 3 is 2.93 bits per heavy atom. The topological polar surface area (TPSA) is 26.3 Å². The predicted octanol–water partition coefficient (Wildman–Crippen LogP) is 5.27. The van der Waals surface area contributed by atoms with Crippen molar-refractivity contribution in [3.63, 3.8) is 0 Å². The maximum atomic E-state index is 13.5. The van der Waals surface area contributed by atoms with Crippen molar-refractivity contribution in [1.82, 2.24) is 0 Å². The van der Waals surface area contributed by atoms with Gasteiger partial charge in [-0.25, -0.2) is 0 Å². The summed E-state index contributed by atoms with van der Waals surface area (Å²) >= 11 is 5.04. The zero-order valence-electron chi connectivity index (χ0n) is 14.1. The van der Waals surface area contributed by atoms with E-state index >= 15 is 0 Å². The van der Waals surface area contributed by atoms with E-state index < -0.39 is 14.7 Å². The molecule has 2 aliphatic carbocycles. The third kappa shape index (κ3) is 4.10. The lowest BCUT2D eigenvalue weighted by Crippen LogP contribution is -2.37. The fraction of sp³-hybridized carbons (Fsp3) is 0.158. The van der Waals surface area contributed by atoms with Crippen molar-refractivity contribution in [2.45, 2.75) is 8.98 Å². The molecule has 2 radical (unpaired) electrons. The van der Waals surface area contributed by atoms with E-state index in [-0.39, 0.29) is 5.66 Å². The summed E-state index contributed by atoms with van der Waals surface area (Å²) in [6, 6.07) is 2.11. The predicted molar refractivity (Wildman–Crippen MR) is 140 cm³/mol. The molecule has 27 heavy (non-hydrogen) atoms. The monoisotopic (exact) mass is 633 g/mol. The molecule has 0 amide bonds. The highest BCUT2D eigenvalue weighted by molar-refractivity contribution is 14.1. The molecule has 1 aromatic heterocycles. The van der Waals surface area contributed by atoms with Crippen molar-refractivity contribution in [3.8, 4) is 0 Å². The second-order valence-electron chi connectivity index (χ2n) is 6.33. The highest BCUT2D eigenvalue weighted by atomic mass is 127. The van der Waals surface area contributed by atoms with Gasteiger partial charge >= 0.3 is 0 Å². The molecule has 2 nitrogen and oxygen atoms in total. The number of thiophene rings is 1. The van der Waals surface area contributed by atoms with Crippen molar-refractivity contribution in [1.29, 1.82) is 0 Å². The number of alkyl halides is 1. The van der Waals surface area contributed by atoms with Crippen LogP contribution in [0.25, 0.3) is 5.57 Å². The van der Waals surface area contributed by atoms with E-state index in [4.69, 9.17) is 7.85 Å². The van der Waals surface area contributed by atoms with E-state index in [9.17, 15) is 4.55 Å². The number of anilines is 1. The smallest absolute Gasteiger partial charge is 0.179 e. The molecule has 0 saturated heterocycles.